The average Bonchev–Trinajstić information content (AvgIpc) is 2.33. The summed E-state index contributed by atoms with van der Waals surface area (Å²) in [4.78, 5) is 11.2. The van der Waals surface area contributed by atoms with Gasteiger partial charge in [-0.05, 0) is 5.56 Å². The lowest BCUT2D eigenvalue weighted by Crippen LogP contribution is -2.50. The number of carboxylic acids is 1. The van der Waals surface area contributed by atoms with Gasteiger partial charge in [0.1, 0.15) is 6.10 Å². The van der Waals surface area contributed by atoms with E-state index in [9.17, 15) is 15.0 Å². The van der Waals surface area contributed by atoms with Crippen LogP contribution in [0.25, 0.3) is 5.57 Å². The average molecular weight is 232 g/mol. The van der Waals surface area contributed by atoms with Crippen LogP contribution in [0.4, 0.5) is 0 Å². The van der Waals surface area contributed by atoms with Crippen LogP contribution in [0.5, 0.6) is 0 Å². The van der Waals surface area contributed by atoms with Crippen LogP contribution in [0.3, 0.4) is 0 Å². The van der Waals surface area contributed by atoms with Crippen molar-refractivity contribution in [3.8, 4) is 0 Å². The molecule has 17 heavy (non-hydrogen) atoms. The molecule has 88 valence electrons. The zero-order chi connectivity index (χ0) is 12.5. The Morgan fingerprint density at radius 1 is 1.24 bits per heavy atom. The van der Waals surface area contributed by atoms with Crippen molar-refractivity contribution in [2.75, 3.05) is 0 Å². The maximum Gasteiger partial charge on any atom is 0.343 e. The molecule has 3 N–H and O–H groups in total. The standard InChI is InChI=1S/C13H12O4/c14-11-8-4-7-10(13(11,17)12(15)16)9-5-2-1-3-6-9/h1-8,11,14,17H,(H,15,16). The minimum absolute atomic E-state index is 0.181. The SMILES string of the molecule is O=C(O)C1(O)C(c2ccccc2)=CC=CC1O. The molecule has 2 atom stereocenters. The molecule has 0 aliphatic heterocycles. The van der Waals surface area contributed by atoms with Crippen LogP contribution in [0.2, 0.25) is 0 Å². The first-order chi connectivity index (χ1) is 8.06. The van der Waals surface area contributed by atoms with Crippen LogP contribution in [-0.4, -0.2) is 33.0 Å². The van der Waals surface area contributed by atoms with Gasteiger partial charge in [-0.2, -0.15) is 0 Å². The zero-order valence-corrected chi connectivity index (χ0v) is 8.95. The van der Waals surface area contributed by atoms with Crippen molar-refractivity contribution in [2.24, 2.45) is 0 Å². The van der Waals surface area contributed by atoms with E-state index < -0.39 is 17.7 Å². The van der Waals surface area contributed by atoms with E-state index in [1.807, 2.05) is 0 Å². The van der Waals surface area contributed by atoms with Gasteiger partial charge in [-0.1, -0.05) is 48.6 Å². The molecule has 1 aromatic carbocycles. The molecule has 0 heterocycles. The van der Waals surface area contributed by atoms with Gasteiger partial charge in [-0.25, -0.2) is 4.79 Å². The number of allylic oxidation sites excluding steroid dienone is 2. The molecule has 4 nitrogen and oxygen atoms in total. The molecule has 2 unspecified atom stereocenters. The summed E-state index contributed by atoms with van der Waals surface area (Å²) in [5.41, 5.74) is -1.54. The summed E-state index contributed by atoms with van der Waals surface area (Å²) in [6.07, 6.45) is 2.82. The number of hydrogen-bond donors (Lipinski definition) is 3. The smallest absolute Gasteiger partial charge is 0.343 e. The Labute approximate surface area is 98.1 Å². The predicted molar refractivity (Wildman–Crippen MR) is 62.2 cm³/mol. The van der Waals surface area contributed by atoms with Crippen LogP contribution >= 0.6 is 0 Å². The van der Waals surface area contributed by atoms with Gasteiger partial charge in [0.15, 0.2) is 0 Å². The summed E-state index contributed by atoms with van der Waals surface area (Å²) in [7, 11) is 0. The maximum absolute atomic E-state index is 11.2. The number of rotatable bonds is 2. The Bertz CT molecular complexity index is 489. The van der Waals surface area contributed by atoms with Gasteiger partial charge in [-0.3, -0.25) is 0 Å². The van der Waals surface area contributed by atoms with Crippen LogP contribution in [0, 0.1) is 0 Å². The summed E-state index contributed by atoms with van der Waals surface area (Å²) in [6, 6.07) is 8.64. The molecule has 0 fully saturated rings. The molecule has 0 bridgehead atoms. The summed E-state index contributed by atoms with van der Waals surface area (Å²) >= 11 is 0. The minimum Gasteiger partial charge on any atom is -0.479 e. The third kappa shape index (κ3) is 1.77. The van der Waals surface area contributed by atoms with Crippen LogP contribution < -0.4 is 0 Å². The van der Waals surface area contributed by atoms with Gasteiger partial charge in [0.05, 0.1) is 0 Å². The van der Waals surface area contributed by atoms with Crippen LogP contribution in [0.1, 0.15) is 5.56 Å². The first kappa shape index (κ1) is 11.6. The van der Waals surface area contributed by atoms with Crippen molar-refractivity contribution in [2.45, 2.75) is 11.7 Å². The first-order valence-electron chi connectivity index (χ1n) is 5.15. The fourth-order valence-corrected chi connectivity index (χ4v) is 1.86. The molecule has 1 aliphatic carbocycles. The van der Waals surface area contributed by atoms with E-state index in [0.717, 1.165) is 0 Å². The highest BCUT2D eigenvalue weighted by Gasteiger charge is 2.47. The lowest BCUT2D eigenvalue weighted by molar-refractivity contribution is -0.159. The second kappa shape index (κ2) is 4.16. The van der Waals surface area contributed by atoms with Crippen molar-refractivity contribution < 1.29 is 20.1 Å². The highest BCUT2D eigenvalue weighted by molar-refractivity contribution is 5.97. The molecule has 0 spiro atoms. The molecule has 0 saturated heterocycles. The highest BCUT2D eigenvalue weighted by atomic mass is 16.4. The fraction of sp³-hybridized carbons (Fsp3) is 0.154. The molecule has 0 aromatic heterocycles. The number of carbonyl (C=O) groups is 1. The van der Waals surface area contributed by atoms with Crippen molar-refractivity contribution in [3.05, 3.63) is 54.1 Å². The summed E-state index contributed by atoms with van der Waals surface area (Å²) in [6.45, 7) is 0. The Morgan fingerprint density at radius 3 is 2.47 bits per heavy atom. The van der Waals surface area contributed by atoms with Gasteiger partial charge in [-0.15, -0.1) is 0 Å². The Kier molecular flexibility index (Phi) is 2.83. The minimum atomic E-state index is -2.30. The molecule has 0 radical (unpaired) electrons. The molecular formula is C13H12O4. The quantitative estimate of drug-likeness (QED) is 0.705. The monoisotopic (exact) mass is 232 g/mol. The predicted octanol–water partition coefficient (Wildman–Crippen LogP) is 0.816. The van der Waals surface area contributed by atoms with E-state index in [1.165, 1.54) is 18.2 Å². The summed E-state index contributed by atoms with van der Waals surface area (Å²) in [5, 5.41) is 28.9. The van der Waals surface area contributed by atoms with Gasteiger partial charge < -0.3 is 15.3 Å². The third-order valence-electron chi connectivity index (χ3n) is 2.81. The van der Waals surface area contributed by atoms with Crippen LogP contribution in [0.15, 0.2) is 48.6 Å². The van der Waals surface area contributed by atoms with Gasteiger partial charge in [0.2, 0.25) is 5.60 Å². The lowest BCUT2D eigenvalue weighted by Gasteiger charge is -2.31. The number of aliphatic hydroxyl groups is 2. The van der Waals surface area contributed by atoms with Gasteiger partial charge in [0.25, 0.3) is 0 Å². The lowest BCUT2D eigenvalue weighted by atomic mass is 9.80. The number of carboxylic acid groups (broad SMARTS) is 1. The van der Waals surface area contributed by atoms with E-state index in [2.05, 4.69) is 0 Å². The van der Waals surface area contributed by atoms with Crippen molar-refractivity contribution in [1.82, 2.24) is 0 Å². The fourth-order valence-electron chi connectivity index (χ4n) is 1.86. The molecule has 4 heteroatoms. The van der Waals surface area contributed by atoms with E-state index >= 15 is 0 Å². The van der Waals surface area contributed by atoms with E-state index in [4.69, 9.17) is 5.11 Å². The van der Waals surface area contributed by atoms with E-state index in [1.54, 1.807) is 30.3 Å². The Balaban J connectivity index is 2.55. The molecule has 1 aromatic rings. The van der Waals surface area contributed by atoms with Gasteiger partial charge in [0, 0.05) is 5.57 Å². The number of benzene rings is 1. The Hall–Kier alpha value is -1.91. The molecule has 1 aliphatic rings. The molecular weight excluding hydrogens is 220 g/mol. The normalized spacial score (nSPS) is 27.6. The van der Waals surface area contributed by atoms with E-state index in [-0.39, 0.29) is 5.57 Å². The van der Waals surface area contributed by atoms with Gasteiger partial charge >= 0.3 is 5.97 Å². The highest BCUT2D eigenvalue weighted by Crippen LogP contribution is 2.33. The summed E-state index contributed by atoms with van der Waals surface area (Å²) in [5.74, 6) is -1.47. The zero-order valence-electron chi connectivity index (χ0n) is 8.95. The molecule has 2 rings (SSSR count). The number of hydrogen-bond acceptors (Lipinski definition) is 3. The number of aliphatic carboxylic acids is 1. The third-order valence-corrected chi connectivity index (χ3v) is 2.81. The van der Waals surface area contributed by atoms with Crippen molar-refractivity contribution >= 4 is 11.5 Å². The second-order valence-corrected chi connectivity index (χ2v) is 3.85. The molecule has 0 saturated carbocycles. The summed E-state index contributed by atoms with van der Waals surface area (Å²) < 4.78 is 0. The topological polar surface area (TPSA) is 77.8 Å². The van der Waals surface area contributed by atoms with Crippen LogP contribution in [-0.2, 0) is 4.79 Å². The second-order valence-electron chi connectivity index (χ2n) is 3.85. The molecule has 0 amide bonds. The van der Waals surface area contributed by atoms with Crippen molar-refractivity contribution in [3.63, 3.8) is 0 Å². The van der Waals surface area contributed by atoms with E-state index in [0.29, 0.717) is 5.56 Å². The van der Waals surface area contributed by atoms with Crippen molar-refractivity contribution in [1.29, 1.82) is 0 Å². The first-order valence-corrected chi connectivity index (χ1v) is 5.15. The maximum atomic E-state index is 11.2. The number of aliphatic hydroxyl groups excluding tert-OH is 1. The largest absolute Gasteiger partial charge is 0.479 e. The Morgan fingerprint density at radius 2 is 1.88 bits per heavy atom.